The minimum atomic E-state index is -1.57. The third kappa shape index (κ3) is 6.52. The van der Waals surface area contributed by atoms with Gasteiger partial charge in [0.1, 0.15) is 15.7 Å². The number of carbonyl (C=O) groups excluding carboxylic acids is 1. The molecule has 0 aromatic carbocycles. The molecule has 0 saturated heterocycles. The average molecular weight is 248 g/mol. The van der Waals surface area contributed by atoms with E-state index in [0.29, 0.717) is 12.5 Å². The highest BCUT2D eigenvalue weighted by atomic mass is 16.5. The van der Waals surface area contributed by atoms with Gasteiger partial charge in [0, 0.05) is 17.6 Å². The molecule has 0 aliphatic rings. The van der Waals surface area contributed by atoms with Crippen LogP contribution in [0.25, 0.3) is 0 Å². The number of hydrogen-bond donors (Lipinski definition) is 1. The molecule has 0 bridgehead atoms. The lowest BCUT2D eigenvalue weighted by Gasteiger charge is -2.34. The van der Waals surface area contributed by atoms with E-state index in [9.17, 15) is 9.59 Å². The molecular weight excluding hydrogens is 230 g/mol. The Hall–Kier alpha value is -1.19. The summed E-state index contributed by atoms with van der Waals surface area (Å²) in [5.41, 5.74) is 0. The van der Waals surface area contributed by atoms with E-state index in [4.69, 9.17) is 25.5 Å². The molecule has 0 heterocycles. The SMILES string of the molecule is [B]C([B])(OC(=O)/C=C/C(=O)O)C(CC)CCCC. The van der Waals surface area contributed by atoms with Crippen molar-refractivity contribution in [2.45, 2.75) is 44.9 Å². The molecule has 0 amide bonds. The average Bonchev–Trinajstić information content (AvgIpc) is 2.26. The molecule has 0 spiro atoms. The predicted octanol–water partition coefficient (Wildman–Crippen LogP) is 1.38. The summed E-state index contributed by atoms with van der Waals surface area (Å²) in [6, 6.07) is 0. The van der Waals surface area contributed by atoms with E-state index < -0.39 is 17.3 Å². The second-order valence-electron chi connectivity index (χ2n) is 4.19. The van der Waals surface area contributed by atoms with E-state index in [-0.39, 0.29) is 5.92 Å². The van der Waals surface area contributed by atoms with Crippen LogP contribution in [0.3, 0.4) is 0 Å². The molecule has 0 saturated carbocycles. The summed E-state index contributed by atoms with van der Waals surface area (Å²) in [5, 5.41) is 6.81. The monoisotopic (exact) mass is 248 g/mol. The predicted molar refractivity (Wildman–Crippen MR) is 70.4 cm³/mol. The number of esters is 1. The Morgan fingerprint density at radius 2 is 1.94 bits per heavy atom. The number of aliphatic carboxylic acids is 1. The van der Waals surface area contributed by atoms with Crippen molar-refractivity contribution in [3.05, 3.63) is 12.2 Å². The number of rotatable bonds is 8. The summed E-state index contributed by atoms with van der Waals surface area (Å²) in [4.78, 5) is 21.6. The van der Waals surface area contributed by atoms with E-state index in [0.717, 1.165) is 25.3 Å². The first kappa shape index (κ1) is 16.8. The van der Waals surface area contributed by atoms with Gasteiger partial charge in [0.2, 0.25) is 0 Å². The first-order valence-corrected chi connectivity index (χ1v) is 6.05. The van der Waals surface area contributed by atoms with Gasteiger partial charge in [-0.3, -0.25) is 0 Å². The lowest BCUT2D eigenvalue weighted by molar-refractivity contribution is -0.144. The zero-order valence-electron chi connectivity index (χ0n) is 10.9. The van der Waals surface area contributed by atoms with Crippen LogP contribution >= 0.6 is 0 Å². The van der Waals surface area contributed by atoms with Crippen molar-refractivity contribution in [1.82, 2.24) is 0 Å². The number of hydrogen-bond acceptors (Lipinski definition) is 3. The second-order valence-corrected chi connectivity index (χ2v) is 4.19. The van der Waals surface area contributed by atoms with Gasteiger partial charge in [-0.25, -0.2) is 9.59 Å². The van der Waals surface area contributed by atoms with E-state index >= 15 is 0 Å². The van der Waals surface area contributed by atoms with E-state index in [1.807, 2.05) is 13.8 Å². The highest BCUT2D eigenvalue weighted by Gasteiger charge is 2.29. The molecule has 1 N–H and O–H groups in total. The molecule has 0 aromatic rings. The quantitative estimate of drug-likeness (QED) is 0.400. The topological polar surface area (TPSA) is 63.6 Å². The fraction of sp³-hybridized carbons (Fsp3) is 0.667. The Labute approximate surface area is 111 Å². The zero-order chi connectivity index (χ0) is 14.2. The van der Waals surface area contributed by atoms with Crippen LogP contribution in [-0.4, -0.2) is 38.1 Å². The standard InChI is InChI=1S/C12H18B2O4/c1-3-5-6-9(4-2)12(13,14)18-11(17)8-7-10(15)16/h7-9H,3-6H2,1-2H3,(H,15,16)/b8-7+. The van der Waals surface area contributed by atoms with Crippen molar-refractivity contribution in [1.29, 1.82) is 0 Å². The van der Waals surface area contributed by atoms with Crippen LogP contribution < -0.4 is 0 Å². The summed E-state index contributed by atoms with van der Waals surface area (Å²) in [7, 11) is 11.5. The normalized spacial score (nSPS) is 13.4. The van der Waals surface area contributed by atoms with Crippen LogP contribution in [-0.2, 0) is 14.3 Å². The molecule has 18 heavy (non-hydrogen) atoms. The van der Waals surface area contributed by atoms with E-state index in [1.54, 1.807) is 0 Å². The first-order chi connectivity index (χ1) is 8.33. The Morgan fingerprint density at radius 3 is 2.39 bits per heavy atom. The van der Waals surface area contributed by atoms with Gasteiger partial charge in [-0.05, 0) is 12.3 Å². The van der Waals surface area contributed by atoms with Gasteiger partial charge in [0.05, 0.1) is 0 Å². The summed E-state index contributed by atoms with van der Waals surface area (Å²) >= 11 is 0. The Bertz CT molecular complexity index is 313. The van der Waals surface area contributed by atoms with Gasteiger partial charge in [0.15, 0.2) is 0 Å². The van der Waals surface area contributed by atoms with E-state index in [1.165, 1.54) is 0 Å². The minimum absolute atomic E-state index is 0.153. The van der Waals surface area contributed by atoms with Gasteiger partial charge in [-0.2, -0.15) is 0 Å². The molecule has 0 rings (SSSR count). The van der Waals surface area contributed by atoms with Crippen molar-refractivity contribution in [2.24, 2.45) is 5.92 Å². The molecule has 0 aromatic heterocycles. The highest BCUT2D eigenvalue weighted by Crippen LogP contribution is 2.24. The molecule has 4 nitrogen and oxygen atoms in total. The second kappa shape index (κ2) is 8.01. The molecule has 0 aliphatic heterocycles. The zero-order valence-corrected chi connectivity index (χ0v) is 10.9. The fourth-order valence-corrected chi connectivity index (χ4v) is 1.63. The van der Waals surface area contributed by atoms with Gasteiger partial charge in [-0.1, -0.05) is 33.1 Å². The van der Waals surface area contributed by atoms with Crippen LogP contribution in [0.2, 0.25) is 0 Å². The van der Waals surface area contributed by atoms with Crippen molar-refractivity contribution < 1.29 is 19.4 Å². The lowest BCUT2D eigenvalue weighted by Crippen LogP contribution is -2.43. The largest absolute Gasteiger partial charge is 0.478 e. The van der Waals surface area contributed by atoms with Crippen molar-refractivity contribution in [3.63, 3.8) is 0 Å². The van der Waals surface area contributed by atoms with Crippen LogP contribution in [0, 0.1) is 5.92 Å². The van der Waals surface area contributed by atoms with Crippen LogP contribution in [0.1, 0.15) is 39.5 Å². The maximum Gasteiger partial charge on any atom is 0.330 e. The third-order valence-electron chi connectivity index (χ3n) is 2.68. The van der Waals surface area contributed by atoms with Gasteiger partial charge in [-0.15, -0.1) is 0 Å². The number of ether oxygens (including phenoxy) is 1. The molecule has 0 fully saturated rings. The smallest absolute Gasteiger partial charge is 0.330 e. The van der Waals surface area contributed by atoms with Crippen LogP contribution in [0.15, 0.2) is 12.2 Å². The van der Waals surface area contributed by atoms with Gasteiger partial charge >= 0.3 is 11.9 Å². The lowest BCUT2D eigenvalue weighted by atomic mass is 9.56. The maximum absolute atomic E-state index is 11.3. The highest BCUT2D eigenvalue weighted by molar-refractivity contribution is 6.40. The van der Waals surface area contributed by atoms with Crippen LogP contribution in [0.4, 0.5) is 0 Å². The molecule has 1 unspecified atom stereocenters. The Balaban J connectivity index is 4.50. The first-order valence-electron chi connectivity index (χ1n) is 6.05. The minimum Gasteiger partial charge on any atom is -0.478 e. The number of carboxylic acids is 1. The van der Waals surface area contributed by atoms with Crippen molar-refractivity contribution in [3.8, 4) is 0 Å². The summed E-state index contributed by atoms with van der Waals surface area (Å²) in [6.07, 6.45) is 4.87. The van der Waals surface area contributed by atoms with Crippen LogP contribution in [0.5, 0.6) is 0 Å². The van der Waals surface area contributed by atoms with Gasteiger partial charge in [0.25, 0.3) is 0 Å². The number of carbonyl (C=O) groups is 2. The maximum atomic E-state index is 11.3. The summed E-state index contributed by atoms with van der Waals surface area (Å²) in [6.45, 7) is 3.96. The fourth-order valence-electron chi connectivity index (χ4n) is 1.63. The molecule has 4 radical (unpaired) electrons. The molecule has 1 atom stereocenters. The molecular formula is C12H18B2O4. The van der Waals surface area contributed by atoms with Crippen molar-refractivity contribution in [2.75, 3.05) is 0 Å². The third-order valence-corrected chi connectivity index (χ3v) is 2.68. The summed E-state index contributed by atoms with van der Waals surface area (Å²) < 4.78 is 4.90. The Kier molecular flexibility index (Phi) is 7.48. The van der Waals surface area contributed by atoms with Gasteiger partial charge < -0.3 is 9.84 Å². The molecule has 6 heteroatoms. The number of unbranched alkanes of at least 4 members (excludes halogenated alkanes) is 1. The van der Waals surface area contributed by atoms with E-state index in [2.05, 4.69) is 0 Å². The summed E-state index contributed by atoms with van der Waals surface area (Å²) in [5.74, 6) is -2.23. The number of carboxylic acid groups (broad SMARTS) is 1. The molecule has 0 aliphatic carbocycles. The Morgan fingerprint density at radius 1 is 1.33 bits per heavy atom. The van der Waals surface area contributed by atoms with Crippen molar-refractivity contribution >= 4 is 27.6 Å². The molecule has 96 valence electrons.